The highest BCUT2D eigenvalue weighted by atomic mass is 16.5. The van der Waals surface area contributed by atoms with Gasteiger partial charge >= 0.3 is 5.97 Å². The summed E-state index contributed by atoms with van der Waals surface area (Å²) in [4.78, 5) is 26.3. The molecule has 0 unspecified atom stereocenters. The zero-order chi connectivity index (χ0) is 19.9. The third-order valence-corrected chi connectivity index (χ3v) is 4.61. The fraction of sp³-hybridized carbons (Fsp3) is 0.391. The first kappa shape index (κ1) is 20.7. The maximum Gasteiger partial charge on any atom is 0.307 e. The first-order valence-electron chi connectivity index (χ1n) is 9.32. The third-order valence-electron chi connectivity index (χ3n) is 4.61. The third kappa shape index (κ3) is 6.24. The minimum Gasteiger partial charge on any atom is -0.469 e. The van der Waals surface area contributed by atoms with Gasteiger partial charge in [-0.3, -0.25) is 9.59 Å². The van der Waals surface area contributed by atoms with Crippen LogP contribution in [0.5, 0.6) is 0 Å². The molecular weight excluding hydrogens is 338 g/mol. The second kappa shape index (κ2) is 9.36. The smallest absolute Gasteiger partial charge is 0.307 e. The van der Waals surface area contributed by atoms with E-state index >= 15 is 0 Å². The molecule has 0 aromatic heterocycles. The fourth-order valence-electron chi connectivity index (χ4n) is 2.85. The number of methoxy groups -OCH3 is 1. The van der Waals surface area contributed by atoms with E-state index in [-0.39, 0.29) is 23.7 Å². The van der Waals surface area contributed by atoms with E-state index < -0.39 is 0 Å². The van der Waals surface area contributed by atoms with Gasteiger partial charge in [-0.2, -0.15) is 0 Å². The molecule has 2 aromatic carbocycles. The Labute approximate surface area is 162 Å². The predicted octanol–water partition coefficient (Wildman–Crippen LogP) is 4.23. The molecule has 4 heteroatoms. The Morgan fingerprint density at radius 3 is 2.11 bits per heavy atom. The van der Waals surface area contributed by atoms with Gasteiger partial charge in [0.05, 0.1) is 13.5 Å². The van der Waals surface area contributed by atoms with Crippen LogP contribution in [0.4, 0.5) is 0 Å². The van der Waals surface area contributed by atoms with Crippen molar-refractivity contribution in [3.05, 3.63) is 71.3 Å². The SMILES string of the molecule is COC(=O)CCN(CCc1ccccc1)C(=O)c1ccc(C(C)(C)C)cc1. The monoisotopic (exact) mass is 367 g/mol. The van der Waals surface area contributed by atoms with Gasteiger partial charge in [0.25, 0.3) is 5.91 Å². The summed E-state index contributed by atoms with van der Waals surface area (Å²) in [7, 11) is 1.36. The highest BCUT2D eigenvalue weighted by Gasteiger charge is 2.19. The van der Waals surface area contributed by atoms with Gasteiger partial charge in [0.2, 0.25) is 0 Å². The minimum atomic E-state index is -0.310. The number of esters is 1. The molecule has 2 aromatic rings. The average molecular weight is 367 g/mol. The number of carbonyl (C=O) groups is 2. The summed E-state index contributed by atoms with van der Waals surface area (Å²) in [5.41, 5.74) is 3.03. The maximum absolute atomic E-state index is 13.0. The Morgan fingerprint density at radius 1 is 0.926 bits per heavy atom. The second-order valence-electron chi connectivity index (χ2n) is 7.68. The zero-order valence-electron chi connectivity index (χ0n) is 16.7. The van der Waals surface area contributed by atoms with E-state index in [0.717, 1.165) is 12.0 Å². The molecule has 0 spiro atoms. The van der Waals surface area contributed by atoms with Gasteiger partial charge < -0.3 is 9.64 Å². The van der Waals surface area contributed by atoms with Crippen LogP contribution in [0.1, 0.15) is 48.7 Å². The summed E-state index contributed by atoms with van der Waals surface area (Å²) in [6.45, 7) is 7.34. The topological polar surface area (TPSA) is 46.6 Å². The van der Waals surface area contributed by atoms with Gasteiger partial charge in [-0.1, -0.05) is 63.2 Å². The summed E-state index contributed by atoms with van der Waals surface area (Å²) < 4.78 is 4.73. The molecule has 4 nitrogen and oxygen atoms in total. The lowest BCUT2D eigenvalue weighted by atomic mass is 9.86. The van der Waals surface area contributed by atoms with Crippen molar-refractivity contribution in [1.29, 1.82) is 0 Å². The van der Waals surface area contributed by atoms with Crippen LogP contribution in [0.25, 0.3) is 0 Å². The summed E-state index contributed by atoms with van der Waals surface area (Å²) in [5.74, 6) is -0.370. The Kier molecular flexibility index (Phi) is 7.17. The van der Waals surface area contributed by atoms with E-state index in [1.54, 1.807) is 4.90 Å². The van der Waals surface area contributed by atoms with Crippen molar-refractivity contribution in [3.8, 4) is 0 Å². The number of nitrogens with zero attached hydrogens (tertiary/aromatic N) is 1. The van der Waals surface area contributed by atoms with E-state index in [4.69, 9.17) is 4.74 Å². The number of rotatable bonds is 7. The van der Waals surface area contributed by atoms with Crippen LogP contribution in [0.15, 0.2) is 54.6 Å². The van der Waals surface area contributed by atoms with Crippen molar-refractivity contribution >= 4 is 11.9 Å². The van der Waals surface area contributed by atoms with Gasteiger partial charge in [0.15, 0.2) is 0 Å². The van der Waals surface area contributed by atoms with Crippen LogP contribution >= 0.6 is 0 Å². The number of carbonyl (C=O) groups excluding carboxylic acids is 2. The van der Waals surface area contributed by atoms with Crippen molar-refractivity contribution in [2.75, 3.05) is 20.2 Å². The highest BCUT2D eigenvalue weighted by Crippen LogP contribution is 2.22. The van der Waals surface area contributed by atoms with Gasteiger partial charge in [-0.05, 0) is 35.1 Å². The van der Waals surface area contributed by atoms with Crippen LogP contribution in [-0.2, 0) is 21.4 Å². The van der Waals surface area contributed by atoms with E-state index in [9.17, 15) is 9.59 Å². The largest absolute Gasteiger partial charge is 0.469 e. The summed E-state index contributed by atoms with van der Waals surface area (Å²) in [5, 5.41) is 0. The van der Waals surface area contributed by atoms with Crippen LogP contribution in [0, 0.1) is 0 Å². The van der Waals surface area contributed by atoms with Crippen molar-refractivity contribution in [3.63, 3.8) is 0 Å². The minimum absolute atomic E-state index is 0.0411. The number of hydrogen-bond donors (Lipinski definition) is 0. The van der Waals surface area contributed by atoms with Crippen molar-refractivity contribution < 1.29 is 14.3 Å². The normalized spacial score (nSPS) is 11.1. The van der Waals surface area contributed by atoms with E-state index in [0.29, 0.717) is 18.7 Å². The van der Waals surface area contributed by atoms with Crippen molar-refractivity contribution in [1.82, 2.24) is 4.90 Å². The fourth-order valence-corrected chi connectivity index (χ4v) is 2.85. The zero-order valence-corrected chi connectivity index (χ0v) is 16.7. The number of amides is 1. The molecule has 0 aliphatic rings. The number of ether oxygens (including phenoxy) is 1. The molecule has 0 bridgehead atoms. The lowest BCUT2D eigenvalue weighted by Gasteiger charge is -2.23. The summed E-state index contributed by atoms with van der Waals surface area (Å²) in [6.07, 6.45) is 0.935. The lowest BCUT2D eigenvalue weighted by Crippen LogP contribution is -2.35. The average Bonchev–Trinajstić information content (AvgIpc) is 2.67. The van der Waals surface area contributed by atoms with E-state index in [1.807, 2.05) is 54.6 Å². The molecule has 0 N–H and O–H groups in total. The summed E-state index contributed by atoms with van der Waals surface area (Å²) >= 11 is 0. The second-order valence-corrected chi connectivity index (χ2v) is 7.68. The van der Waals surface area contributed by atoms with Crippen molar-refractivity contribution in [2.24, 2.45) is 0 Å². The molecule has 0 saturated carbocycles. The van der Waals surface area contributed by atoms with Crippen LogP contribution in [0.2, 0.25) is 0 Å². The molecule has 1 amide bonds. The van der Waals surface area contributed by atoms with Gasteiger partial charge in [0, 0.05) is 18.7 Å². The molecular formula is C23H29NO3. The molecule has 0 radical (unpaired) electrons. The number of hydrogen-bond acceptors (Lipinski definition) is 3. The van der Waals surface area contributed by atoms with Crippen LogP contribution in [0.3, 0.4) is 0 Å². The Bertz CT molecular complexity index is 745. The molecule has 2 rings (SSSR count). The molecule has 0 saturated heterocycles. The van der Waals surface area contributed by atoms with Crippen molar-refractivity contribution in [2.45, 2.75) is 39.0 Å². The highest BCUT2D eigenvalue weighted by molar-refractivity contribution is 5.94. The summed E-state index contributed by atoms with van der Waals surface area (Å²) in [6, 6.07) is 17.8. The van der Waals surface area contributed by atoms with Crippen LogP contribution in [-0.4, -0.2) is 37.0 Å². The Hall–Kier alpha value is -2.62. The molecule has 0 heterocycles. The van der Waals surface area contributed by atoms with Crippen LogP contribution < -0.4 is 0 Å². The first-order chi connectivity index (χ1) is 12.8. The van der Waals surface area contributed by atoms with E-state index in [1.165, 1.54) is 12.7 Å². The standard InChI is InChI=1S/C23H29NO3/c1-23(2,3)20-12-10-19(11-13-20)22(26)24(17-15-21(25)27-4)16-14-18-8-6-5-7-9-18/h5-13H,14-17H2,1-4H3. The molecule has 0 fully saturated rings. The Morgan fingerprint density at radius 2 is 1.56 bits per heavy atom. The quantitative estimate of drug-likeness (QED) is 0.688. The lowest BCUT2D eigenvalue weighted by molar-refractivity contribution is -0.140. The Balaban J connectivity index is 2.12. The molecule has 0 atom stereocenters. The first-order valence-corrected chi connectivity index (χ1v) is 9.32. The number of benzene rings is 2. The molecule has 27 heavy (non-hydrogen) atoms. The van der Waals surface area contributed by atoms with Gasteiger partial charge in [-0.25, -0.2) is 0 Å². The molecule has 0 aliphatic heterocycles. The van der Waals surface area contributed by atoms with E-state index in [2.05, 4.69) is 20.8 Å². The predicted molar refractivity (Wildman–Crippen MR) is 108 cm³/mol. The molecule has 144 valence electrons. The molecule has 0 aliphatic carbocycles. The van der Waals surface area contributed by atoms with Gasteiger partial charge in [-0.15, -0.1) is 0 Å². The maximum atomic E-state index is 13.0. The van der Waals surface area contributed by atoms with Gasteiger partial charge in [0.1, 0.15) is 0 Å².